The van der Waals surface area contributed by atoms with E-state index in [2.05, 4.69) is 24.4 Å². The van der Waals surface area contributed by atoms with Crippen molar-refractivity contribution in [2.45, 2.75) is 45.1 Å². The first kappa shape index (κ1) is 14.9. The number of cyclic esters (lactones) is 1. The van der Waals surface area contributed by atoms with Crippen molar-refractivity contribution in [2.24, 2.45) is 0 Å². The number of aryl methyl sites for hydroxylation is 1. The summed E-state index contributed by atoms with van der Waals surface area (Å²) >= 11 is 6.29. The van der Waals surface area contributed by atoms with Crippen LogP contribution in [0, 0.1) is 0 Å². The molecule has 1 aliphatic rings. The number of amides is 1. The SMILES string of the molecule is CCCC/C(Cl)=C1/NC(=O)OC1CCc1ccccc1. The lowest BCUT2D eigenvalue weighted by atomic mass is 10.0. The zero-order valence-electron chi connectivity index (χ0n) is 11.7. The molecule has 0 spiro atoms. The molecule has 1 amide bonds. The van der Waals surface area contributed by atoms with Crippen molar-refractivity contribution in [1.29, 1.82) is 0 Å². The van der Waals surface area contributed by atoms with E-state index in [9.17, 15) is 4.79 Å². The molecule has 20 heavy (non-hydrogen) atoms. The average molecular weight is 294 g/mol. The molecule has 1 heterocycles. The number of ether oxygens (including phenoxy) is 1. The molecule has 1 aliphatic heterocycles. The molecule has 1 unspecified atom stereocenters. The van der Waals surface area contributed by atoms with Crippen LogP contribution in [0.15, 0.2) is 41.1 Å². The normalized spacial score (nSPS) is 20.5. The number of unbranched alkanes of at least 4 members (excludes halogenated alkanes) is 1. The number of hydrogen-bond donors (Lipinski definition) is 1. The Morgan fingerprint density at radius 2 is 2.10 bits per heavy atom. The van der Waals surface area contributed by atoms with Crippen LogP contribution in [0.1, 0.15) is 38.2 Å². The van der Waals surface area contributed by atoms with E-state index in [1.165, 1.54) is 5.56 Å². The van der Waals surface area contributed by atoms with Gasteiger partial charge in [-0.15, -0.1) is 0 Å². The molecule has 2 rings (SSSR count). The Kier molecular flexibility index (Phi) is 5.48. The van der Waals surface area contributed by atoms with Crippen LogP contribution in [0.2, 0.25) is 0 Å². The Hall–Kier alpha value is -1.48. The molecular weight excluding hydrogens is 274 g/mol. The summed E-state index contributed by atoms with van der Waals surface area (Å²) in [5.41, 5.74) is 1.99. The van der Waals surface area contributed by atoms with Gasteiger partial charge in [-0.25, -0.2) is 4.79 Å². The lowest BCUT2D eigenvalue weighted by molar-refractivity contribution is 0.141. The van der Waals surface area contributed by atoms with Crippen LogP contribution >= 0.6 is 11.6 Å². The maximum Gasteiger partial charge on any atom is 0.412 e. The van der Waals surface area contributed by atoms with Gasteiger partial charge in [-0.2, -0.15) is 0 Å². The number of halogens is 1. The fraction of sp³-hybridized carbons (Fsp3) is 0.438. The van der Waals surface area contributed by atoms with Gasteiger partial charge < -0.3 is 4.74 Å². The smallest absolute Gasteiger partial charge is 0.412 e. The number of nitrogens with one attached hydrogen (secondary N) is 1. The number of hydrogen-bond acceptors (Lipinski definition) is 2. The third-order valence-corrected chi connectivity index (χ3v) is 3.78. The lowest BCUT2D eigenvalue weighted by Gasteiger charge is -2.11. The van der Waals surface area contributed by atoms with Crippen molar-refractivity contribution in [1.82, 2.24) is 5.32 Å². The highest BCUT2D eigenvalue weighted by Crippen LogP contribution is 2.26. The third-order valence-electron chi connectivity index (χ3n) is 3.39. The van der Waals surface area contributed by atoms with Crippen molar-refractivity contribution in [3.63, 3.8) is 0 Å². The summed E-state index contributed by atoms with van der Waals surface area (Å²) < 4.78 is 5.30. The van der Waals surface area contributed by atoms with Crippen molar-refractivity contribution < 1.29 is 9.53 Å². The minimum atomic E-state index is -0.396. The number of carbonyl (C=O) groups is 1. The lowest BCUT2D eigenvalue weighted by Crippen LogP contribution is -2.15. The van der Waals surface area contributed by atoms with Crippen molar-refractivity contribution >= 4 is 17.7 Å². The quantitative estimate of drug-likeness (QED) is 0.846. The third kappa shape index (κ3) is 4.01. The topological polar surface area (TPSA) is 38.3 Å². The van der Waals surface area contributed by atoms with Crippen LogP contribution in [-0.4, -0.2) is 12.2 Å². The number of benzene rings is 1. The molecule has 108 valence electrons. The summed E-state index contributed by atoms with van der Waals surface area (Å²) in [5, 5.41) is 3.45. The van der Waals surface area contributed by atoms with Gasteiger partial charge >= 0.3 is 6.09 Å². The van der Waals surface area contributed by atoms with Gasteiger partial charge in [-0.1, -0.05) is 55.3 Å². The van der Waals surface area contributed by atoms with Crippen molar-refractivity contribution in [3.05, 3.63) is 46.6 Å². The Morgan fingerprint density at radius 1 is 1.35 bits per heavy atom. The van der Waals surface area contributed by atoms with E-state index in [0.29, 0.717) is 0 Å². The summed E-state index contributed by atoms with van der Waals surface area (Å²) in [6.07, 6.45) is 3.86. The molecule has 0 aliphatic carbocycles. The minimum Gasteiger partial charge on any atom is -0.440 e. The van der Waals surface area contributed by atoms with Crippen LogP contribution in [0.4, 0.5) is 4.79 Å². The van der Waals surface area contributed by atoms with Gasteiger partial charge in [0, 0.05) is 5.03 Å². The fourth-order valence-electron chi connectivity index (χ4n) is 2.26. The standard InChI is InChI=1S/C16H20ClNO2/c1-2-3-9-13(17)15-14(20-16(19)18-15)11-10-12-7-5-4-6-8-12/h4-8,14H,2-3,9-11H2,1H3,(H,18,19)/b15-13-. The summed E-state index contributed by atoms with van der Waals surface area (Å²) in [4.78, 5) is 11.4. The molecule has 3 nitrogen and oxygen atoms in total. The average Bonchev–Trinajstić information content (AvgIpc) is 2.85. The van der Waals surface area contributed by atoms with Crippen LogP contribution in [0.5, 0.6) is 0 Å². The largest absolute Gasteiger partial charge is 0.440 e. The summed E-state index contributed by atoms with van der Waals surface area (Å²) in [7, 11) is 0. The molecule has 0 bridgehead atoms. The van der Waals surface area contributed by atoms with Gasteiger partial charge in [0.2, 0.25) is 0 Å². The number of carbonyl (C=O) groups excluding carboxylic acids is 1. The van der Waals surface area contributed by atoms with E-state index in [0.717, 1.165) is 42.8 Å². The van der Waals surface area contributed by atoms with Crippen molar-refractivity contribution in [3.8, 4) is 0 Å². The van der Waals surface area contributed by atoms with Gasteiger partial charge in [0.1, 0.15) is 6.10 Å². The van der Waals surface area contributed by atoms with Gasteiger partial charge in [0.15, 0.2) is 0 Å². The molecule has 1 aromatic rings. The summed E-state index contributed by atoms with van der Waals surface area (Å²) in [6, 6.07) is 10.2. The van der Waals surface area contributed by atoms with Gasteiger partial charge in [0.25, 0.3) is 0 Å². The van der Waals surface area contributed by atoms with Crippen LogP contribution in [0.3, 0.4) is 0 Å². The molecule has 1 N–H and O–H groups in total. The molecular formula is C16H20ClNO2. The first-order valence-corrected chi connectivity index (χ1v) is 7.48. The second kappa shape index (κ2) is 7.34. The number of alkyl carbamates (subject to hydrolysis) is 1. The van der Waals surface area contributed by atoms with Gasteiger partial charge in [-0.05, 0) is 31.2 Å². The van der Waals surface area contributed by atoms with Crippen molar-refractivity contribution in [2.75, 3.05) is 0 Å². The Morgan fingerprint density at radius 3 is 2.80 bits per heavy atom. The predicted molar refractivity (Wildman–Crippen MR) is 80.6 cm³/mol. The minimum absolute atomic E-state index is 0.243. The maximum atomic E-state index is 11.4. The zero-order valence-corrected chi connectivity index (χ0v) is 12.5. The second-order valence-corrected chi connectivity index (χ2v) is 5.42. The Bertz CT molecular complexity index is 485. The van der Waals surface area contributed by atoms with Crippen LogP contribution < -0.4 is 5.32 Å². The first-order valence-electron chi connectivity index (χ1n) is 7.10. The van der Waals surface area contributed by atoms with E-state index >= 15 is 0 Å². The highest BCUT2D eigenvalue weighted by Gasteiger charge is 2.30. The van der Waals surface area contributed by atoms with Crippen LogP contribution in [-0.2, 0) is 11.2 Å². The first-order chi connectivity index (χ1) is 9.70. The number of allylic oxidation sites excluding steroid dienone is 1. The fourth-order valence-corrected chi connectivity index (χ4v) is 2.57. The highest BCUT2D eigenvalue weighted by molar-refractivity contribution is 6.30. The zero-order chi connectivity index (χ0) is 14.4. The molecule has 1 atom stereocenters. The van der Waals surface area contributed by atoms with E-state index in [1.54, 1.807) is 0 Å². The molecule has 1 saturated heterocycles. The maximum absolute atomic E-state index is 11.4. The molecule has 1 aromatic carbocycles. The van der Waals surface area contributed by atoms with E-state index in [-0.39, 0.29) is 6.10 Å². The highest BCUT2D eigenvalue weighted by atomic mass is 35.5. The molecule has 0 aromatic heterocycles. The van der Waals surface area contributed by atoms with Gasteiger partial charge in [-0.3, -0.25) is 5.32 Å². The Balaban J connectivity index is 1.99. The predicted octanol–water partition coefficient (Wildman–Crippen LogP) is 4.37. The van der Waals surface area contributed by atoms with Crippen LogP contribution in [0.25, 0.3) is 0 Å². The Labute approximate surface area is 125 Å². The van der Waals surface area contributed by atoms with Gasteiger partial charge in [0.05, 0.1) is 5.70 Å². The van der Waals surface area contributed by atoms with E-state index in [1.807, 2.05) is 18.2 Å². The second-order valence-electron chi connectivity index (χ2n) is 4.97. The number of rotatable bonds is 6. The monoisotopic (exact) mass is 293 g/mol. The molecule has 1 fully saturated rings. The summed E-state index contributed by atoms with van der Waals surface area (Å²) in [6.45, 7) is 2.12. The molecule has 4 heteroatoms. The van der Waals surface area contributed by atoms with E-state index < -0.39 is 6.09 Å². The summed E-state index contributed by atoms with van der Waals surface area (Å²) in [5.74, 6) is 0. The molecule has 0 saturated carbocycles. The molecule has 0 radical (unpaired) electrons. The van der Waals surface area contributed by atoms with E-state index in [4.69, 9.17) is 16.3 Å².